The number of benzene rings is 1. The van der Waals surface area contributed by atoms with Gasteiger partial charge < -0.3 is 10.2 Å². The smallest absolute Gasteiger partial charge is 0.257 e. The molecule has 36 heavy (non-hydrogen) atoms. The molecule has 3 atom stereocenters. The highest BCUT2D eigenvalue weighted by atomic mass is 31.1. The molecule has 0 radical (unpaired) electrons. The van der Waals surface area contributed by atoms with Crippen molar-refractivity contribution in [3.8, 4) is 0 Å². The summed E-state index contributed by atoms with van der Waals surface area (Å²) in [7, 11) is 2.82. The topological polar surface area (TPSA) is 75.9 Å². The number of nitrogens with zero attached hydrogens (tertiary/aromatic N) is 5. The number of piperazine rings is 1. The monoisotopic (exact) mass is 504 g/mol. The van der Waals surface area contributed by atoms with E-state index in [0.717, 1.165) is 61.9 Å². The third kappa shape index (κ3) is 5.79. The lowest BCUT2D eigenvalue weighted by Crippen LogP contribution is -2.44. The molecule has 1 aromatic carbocycles. The summed E-state index contributed by atoms with van der Waals surface area (Å²) >= 11 is 0. The van der Waals surface area contributed by atoms with E-state index < -0.39 is 0 Å². The van der Waals surface area contributed by atoms with Gasteiger partial charge in [0.05, 0.1) is 17.0 Å². The molecular formula is C27H35N7OP+. The van der Waals surface area contributed by atoms with E-state index in [-0.39, 0.29) is 17.7 Å². The molecule has 4 heterocycles. The highest BCUT2D eigenvalue weighted by Crippen LogP contribution is 2.38. The van der Waals surface area contributed by atoms with E-state index in [1.54, 1.807) is 6.20 Å². The molecule has 2 aromatic rings. The van der Waals surface area contributed by atoms with E-state index in [1.165, 1.54) is 5.44 Å². The standard InChI is InChI=1S/C27H34N7OP/c1-4-34-18-24-27(34)36-25(16-29-24)30-19(2)20-6-5-7-22(14-20)31-26(35)21-8-9-23(28-15-21)17-33-12-10-32(3)11-13-33/h5-9,14-16,18-19,25,30,36H,4,10-13,17H2,1-3H3/p+1. The number of aliphatic imine (C=N–C) groups is 1. The van der Waals surface area contributed by atoms with Crippen molar-refractivity contribution in [2.45, 2.75) is 32.2 Å². The molecule has 0 aliphatic carbocycles. The van der Waals surface area contributed by atoms with Crippen LogP contribution in [-0.2, 0) is 6.54 Å². The van der Waals surface area contributed by atoms with Gasteiger partial charge in [-0.1, -0.05) is 12.1 Å². The van der Waals surface area contributed by atoms with Crippen LogP contribution < -0.4 is 10.6 Å². The zero-order chi connectivity index (χ0) is 25.1. The maximum absolute atomic E-state index is 12.9. The molecule has 2 N–H and O–H groups in total. The van der Waals surface area contributed by atoms with Gasteiger partial charge in [-0.2, -0.15) is 4.58 Å². The van der Waals surface area contributed by atoms with Crippen molar-refractivity contribution in [1.82, 2.24) is 20.1 Å². The van der Waals surface area contributed by atoms with Gasteiger partial charge in [-0.15, -0.1) is 0 Å². The summed E-state index contributed by atoms with van der Waals surface area (Å²) in [5.74, 6) is 0.0721. The second-order valence-corrected chi connectivity index (χ2v) is 11.0. The van der Waals surface area contributed by atoms with Crippen molar-refractivity contribution in [3.05, 3.63) is 70.6 Å². The number of aromatic nitrogens is 1. The van der Waals surface area contributed by atoms with Crippen LogP contribution in [0.4, 0.5) is 5.69 Å². The van der Waals surface area contributed by atoms with Gasteiger partial charge in [-0.25, -0.2) is 4.99 Å². The average molecular weight is 505 g/mol. The van der Waals surface area contributed by atoms with E-state index >= 15 is 0 Å². The summed E-state index contributed by atoms with van der Waals surface area (Å²) < 4.78 is 2.27. The Balaban J connectivity index is 1.15. The second-order valence-electron chi connectivity index (χ2n) is 9.63. The van der Waals surface area contributed by atoms with Crippen LogP contribution in [-0.4, -0.2) is 83.3 Å². The molecular weight excluding hydrogens is 469 g/mol. The van der Waals surface area contributed by atoms with Crippen molar-refractivity contribution >= 4 is 32.6 Å². The van der Waals surface area contributed by atoms with Gasteiger partial charge in [-0.05, 0) is 50.7 Å². The van der Waals surface area contributed by atoms with E-state index in [0.29, 0.717) is 14.1 Å². The number of rotatable bonds is 8. The normalized spacial score (nSPS) is 21.6. The number of amides is 1. The van der Waals surface area contributed by atoms with Crippen LogP contribution >= 0.6 is 8.58 Å². The van der Waals surface area contributed by atoms with E-state index in [2.05, 4.69) is 68.2 Å². The third-order valence-corrected chi connectivity index (χ3v) is 8.39. The van der Waals surface area contributed by atoms with Crippen molar-refractivity contribution in [2.24, 2.45) is 4.99 Å². The van der Waals surface area contributed by atoms with Gasteiger partial charge in [0, 0.05) is 65.4 Å². The van der Waals surface area contributed by atoms with Crippen LogP contribution in [0.1, 0.15) is 41.5 Å². The average Bonchev–Trinajstić information content (AvgIpc) is 2.88. The first kappa shape index (κ1) is 24.9. The quantitative estimate of drug-likeness (QED) is 0.427. The molecule has 5 rings (SSSR count). The second kappa shape index (κ2) is 11.1. The molecule has 9 heteroatoms. The number of carbonyl (C=O) groups excluding carboxylic acids is 1. The molecule has 3 aliphatic rings. The molecule has 0 spiro atoms. The van der Waals surface area contributed by atoms with Gasteiger partial charge in [-0.3, -0.25) is 20.0 Å². The maximum Gasteiger partial charge on any atom is 0.257 e. The molecule has 3 aliphatic heterocycles. The molecule has 8 nitrogen and oxygen atoms in total. The van der Waals surface area contributed by atoms with Crippen LogP contribution in [0.3, 0.4) is 0 Å². The number of carbonyl (C=O) groups is 1. The highest BCUT2D eigenvalue weighted by molar-refractivity contribution is 7.44. The lowest BCUT2D eigenvalue weighted by molar-refractivity contribution is -0.467. The van der Waals surface area contributed by atoms with E-state index in [9.17, 15) is 4.79 Å². The highest BCUT2D eigenvalue weighted by Gasteiger charge is 2.33. The fraction of sp³-hybridized carbons (Fsp3) is 0.407. The SMILES string of the molecule is CC[N+]1=CC2=C1PC(NC(C)c1cccc(NC(=O)c3ccc(CN4CCN(C)CC4)nc3)c1)C=N2. The van der Waals surface area contributed by atoms with Gasteiger partial charge in [0.2, 0.25) is 11.7 Å². The largest absolute Gasteiger partial charge is 0.322 e. The lowest BCUT2D eigenvalue weighted by Gasteiger charge is -2.32. The van der Waals surface area contributed by atoms with Crippen molar-refractivity contribution < 1.29 is 9.37 Å². The predicted molar refractivity (Wildman–Crippen MR) is 147 cm³/mol. The Morgan fingerprint density at radius 2 is 2.06 bits per heavy atom. The summed E-state index contributed by atoms with van der Waals surface area (Å²) in [6.07, 6.45) is 5.81. The Labute approximate surface area is 215 Å². The zero-order valence-electron chi connectivity index (χ0n) is 21.2. The molecule has 0 bridgehead atoms. The number of pyridine rings is 1. The van der Waals surface area contributed by atoms with Crippen molar-refractivity contribution in [3.63, 3.8) is 0 Å². The van der Waals surface area contributed by atoms with Gasteiger partial charge in [0.15, 0.2) is 5.70 Å². The summed E-state index contributed by atoms with van der Waals surface area (Å²) in [5, 5.41) is 6.71. The van der Waals surface area contributed by atoms with Crippen molar-refractivity contribution in [2.75, 3.05) is 45.1 Å². The molecule has 188 valence electrons. The number of allylic oxidation sites excluding steroid dienone is 1. The molecule has 0 saturated carbocycles. The molecule has 1 saturated heterocycles. The Bertz CT molecular complexity index is 1200. The molecule has 1 amide bonds. The minimum absolute atomic E-state index is 0.127. The summed E-state index contributed by atoms with van der Waals surface area (Å²) in [5.41, 5.74) is 5.92. The first-order valence-corrected chi connectivity index (χ1v) is 13.8. The number of nitrogens with one attached hydrogen (secondary N) is 2. The first-order valence-electron chi connectivity index (χ1n) is 12.7. The Morgan fingerprint density at radius 3 is 2.81 bits per heavy atom. The summed E-state index contributed by atoms with van der Waals surface area (Å²) in [4.78, 5) is 26.8. The molecule has 1 aromatic heterocycles. The Kier molecular flexibility index (Phi) is 7.67. The molecule has 1 fully saturated rings. The van der Waals surface area contributed by atoms with Gasteiger partial charge in [0.25, 0.3) is 5.91 Å². The van der Waals surface area contributed by atoms with Gasteiger partial charge >= 0.3 is 0 Å². The fourth-order valence-electron chi connectivity index (χ4n) is 4.62. The van der Waals surface area contributed by atoms with Crippen LogP contribution in [0.25, 0.3) is 0 Å². The Hall–Kier alpha value is -2.77. The van der Waals surface area contributed by atoms with Gasteiger partial charge in [0.1, 0.15) is 6.54 Å². The number of hydrogen-bond donors (Lipinski definition) is 2. The van der Waals surface area contributed by atoms with Crippen LogP contribution in [0.2, 0.25) is 0 Å². The first-order chi connectivity index (χ1) is 17.5. The van der Waals surface area contributed by atoms with E-state index in [1.807, 2.05) is 36.5 Å². The predicted octanol–water partition coefficient (Wildman–Crippen LogP) is 3.11. The third-order valence-electron chi connectivity index (χ3n) is 6.95. The van der Waals surface area contributed by atoms with Crippen LogP contribution in [0.15, 0.2) is 58.7 Å². The zero-order valence-corrected chi connectivity index (χ0v) is 22.2. The number of likely N-dealkylation sites (N-methyl/N-ethyl adjacent to an activating group) is 1. The lowest BCUT2D eigenvalue weighted by atomic mass is 10.1. The fourth-order valence-corrected chi connectivity index (χ4v) is 6.06. The van der Waals surface area contributed by atoms with Crippen molar-refractivity contribution in [1.29, 1.82) is 0 Å². The summed E-state index contributed by atoms with van der Waals surface area (Å²) in [6, 6.07) is 12.0. The van der Waals surface area contributed by atoms with E-state index in [4.69, 9.17) is 0 Å². The maximum atomic E-state index is 12.9. The van der Waals surface area contributed by atoms with Crippen LogP contribution in [0.5, 0.6) is 0 Å². The minimum Gasteiger partial charge on any atom is -0.322 e. The summed E-state index contributed by atoms with van der Waals surface area (Å²) in [6.45, 7) is 10.4. The molecule has 3 unspecified atom stereocenters. The van der Waals surface area contributed by atoms with Crippen LogP contribution in [0, 0.1) is 0 Å². The number of hydrogen-bond acceptors (Lipinski definition) is 6. The Morgan fingerprint density at radius 1 is 1.22 bits per heavy atom. The minimum atomic E-state index is -0.146. The number of anilines is 1.